The maximum atomic E-state index is 12.9. The van der Waals surface area contributed by atoms with E-state index >= 15 is 0 Å². The van der Waals surface area contributed by atoms with Gasteiger partial charge in [-0.15, -0.1) is 11.3 Å². The zero-order valence-electron chi connectivity index (χ0n) is 17.4. The lowest BCUT2D eigenvalue weighted by atomic mass is 10.1. The molecular formula is C24H21N3O4S. The van der Waals surface area contributed by atoms with Crippen molar-refractivity contribution in [2.45, 2.75) is 19.5 Å². The molecule has 1 amide bonds. The van der Waals surface area contributed by atoms with E-state index in [0.29, 0.717) is 34.9 Å². The molecule has 8 heteroatoms. The van der Waals surface area contributed by atoms with E-state index in [1.54, 1.807) is 0 Å². The van der Waals surface area contributed by atoms with E-state index in [0.717, 1.165) is 16.0 Å². The molecule has 0 saturated carbocycles. The van der Waals surface area contributed by atoms with Gasteiger partial charge in [0.15, 0.2) is 11.5 Å². The van der Waals surface area contributed by atoms with Crippen LogP contribution in [0.4, 0.5) is 0 Å². The minimum atomic E-state index is -0.269. The van der Waals surface area contributed by atoms with Gasteiger partial charge in [0.25, 0.3) is 5.56 Å². The largest absolute Gasteiger partial charge is 0.486 e. The summed E-state index contributed by atoms with van der Waals surface area (Å²) in [6.45, 7) is 2.82. The molecule has 4 aromatic rings. The van der Waals surface area contributed by atoms with Crippen LogP contribution in [0, 0.1) is 0 Å². The monoisotopic (exact) mass is 447 g/mol. The number of aromatic nitrogens is 2. The third kappa shape index (κ3) is 3.97. The Bertz CT molecular complexity index is 1350. The topological polar surface area (TPSA) is 82.5 Å². The van der Waals surface area contributed by atoms with Crippen molar-refractivity contribution in [1.29, 1.82) is 0 Å². The summed E-state index contributed by atoms with van der Waals surface area (Å²) in [6, 6.07) is 17.1. The molecule has 162 valence electrons. The molecule has 2 aromatic heterocycles. The van der Waals surface area contributed by atoms with Crippen LogP contribution in [-0.4, -0.2) is 28.7 Å². The summed E-state index contributed by atoms with van der Waals surface area (Å²) in [4.78, 5) is 31.6. The number of rotatable bonds is 5. The van der Waals surface area contributed by atoms with Crippen LogP contribution in [0.2, 0.25) is 0 Å². The van der Waals surface area contributed by atoms with Gasteiger partial charge in [-0.2, -0.15) is 0 Å². The molecule has 0 radical (unpaired) electrons. The molecule has 0 bridgehead atoms. The van der Waals surface area contributed by atoms with Crippen LogP contribution in [0.3, 0.4) is 0 Å². The quantitative estimate of drug-likeness (QED) is 0.504. The van der Waals surface area contributed by atoms with Crippen molar-refractivity contribution >= 4 is 27.5 Å². The smallest absolute Gasteiger partial charge is 0.262 e. The second-order valence-electron chi connectivity index (χ2n) is 7.57. The molecule has 0 saturated heterocycles. The molecule has 0 spiro atoms. The predicted molar refractivity (Wildman–Crippen MR) is 123 cm³/mol. The number of nitrogens with zero attached hydrogens (tertiary/aromatic N) is 2. The number of carbonyl (C=O) groups excluding carboxylic acids is 1. The molecule has 5 rings (SSSR count). The number of ether oxygens (including phenoxy) is 2. The van der Waals surface area contributed by atoms with E-state index in [1.165, 1.54) is 22.2 Å². The van der Waals surface area contributed by atoms with Crippen LogP contribution in [-0.2, 0) is 11.3 Å². The fraction of sp³-hybridized carbons (Fsp3) is 0.208. The first-order valence-electron chi connectivity index (χ1n) is 10.3. The third-order valence-corrected chi connectivity index (χ3v) is 6.43. The minimum Gasteiger partial charge on any atom is -0.486 e. The third-order valence-electron chi connectivity index (χ3n) is 5.33. The molecule has 32 heavy (non-hydrogen) atoms. The lowest BCUT2D eigenvalue weighted by Gasteiger charge is -2.21. The van der Waals surface area contributed by atoms with Gasteiger partial charge in [-0.05, 0) is 36.2 Å². The lowest BCUT2D eigenvalue weighted by molar-refractivity contribution is -0.122. The van der Waals surface area contributed by atoms with Crippen molar-refractivity contribution in [3.05, 3.63) is 76.8 Å². The number of amides is 1. The maximum absolute atomic E-state index is 12.9. The van der Waals surface area contributed by atoms with Gasteiger partial charge in [0, 0.05) is 4.88 Å². The van der Waals surface area contributed by atoms with Crippen molar-refractivity contribution in [2.75, 3.05) is 13.2 Å². The first-order chi connectivity index (χ1) is 15.6. The van der Waals surface area contributed by atoms with Crippen molar-refractivity contribution in [1.82, 2.24) is 14.9 Å². The van der Waals surface area contributed by atoms with Gasteiger partial charge in [0.2, 0.25) is 5.91 Å². The van der Waals surface area contributed by atoms with Crippen molar-refractivity contribution in [3.63, 3.8) is 0 Å². The van der Waals surface area contributed by atoms with Gasteiger partial charge in [0.05, 0.1) is 17.8 Å². The summed E-state index contributed by atoms with van der Waals surface area (Å²) in [5.74, 6) is 1.11. The summed E-state index contributed by atoms with van der Waals surface area (Å²) in [6.07, 6.45) is 1.43. The number of carbonyl (C=O) groups is 1. The van der Waals surface area contributed by atoms with Gasteiger partial charge in [0.1, 0.15) is 24.6 Å². The zero-order chi connectivity index (χ0) is 22.1. The number of nitrogens with one attached hydrogen (secondary N) is 1. The summed E-state index contributed by atoms with van der Waals surface area (Å²) in [5.41, 5.74) is 1.71. The number of hydrogen-bond acceptors (Lipinski definition) is 6. The molecule has 0 aliphatic carbocycles. The Balaban J connectivity index is 1.32. The van der Waals surface area contributed by atoms with Crippen LogP contribution in [0.25, 0.3) is 20.7 Å². The van der Waals surface area contributed by atoms with Crippen LogP contribution in [0.15, 0.2) is 65.7 Å². The zero-order valence-corrected chi connectivity index (χ0v) is 18.2. The number of thiophene rings is 1. The Hall–Kier alpha value is -3.65. The number of hydrogen-bond donors (Lipinski definition) is 1. The lowest BCUT2D eigenvalue weighted by Crippen LogP contribution is -2.33. The van der Waals surface area contributed by atoms with Gasteiger partial charge in [-0.25, -0.2) is 4.98 Å². The Morgan fingerprint density at radius 1 is 1.12 bits per heavy atom. The molecule has 2 aromatic carbocycles. The molecular weight excluding hydrogens is 426 g/mol. The van der Waals surface area contributed by atoms with Crippen LogP contribution >= 0.6 is 11.3 Å². The molecule has 7 nitrogen and oxygen atoms in total. The van der Waals surface area contributed by atoms with Gasteiger partial charge >= 0.3 is 0 Å². The standard InChI is InChI=1S/C24H21N3O4S/c1-15(17-7-8-19-20(11-17)31-10-9-30-19)26-22(28)13-27-14-25-23-18(24(27)29)12-21(32-23)16-5-3-2-4-6-16/h2-8,11-12,14-15H,9-10,13H2,1H3,(H,26,28). The second-order valence-corrected chi connectivity index (χ2v) is 8.60. The van der Waals surface area contributed by atoms with Gasteiger partial charge < -0.3 is 14.8 Å². The van der Waals surface area contributed by atoms with Crippen molar-refractivity contribution in [3.8, 4) is 21.9 Å². The van der Waals surface area contributed by atoms with E-state index in [4.69, 9.17) is 9.47 Å². The predicted octanol–water partition coefficient (Wildman–Crippen LogP) is 3.77. The van der Waals surface area contributed by atoms with E-state index in [9.17, 15) is 9.59 Å². The molecule has 1 aliphatic heterocycles. The maximum Gasteiger partial charge on any atom is 0.262 e. The fourth-order valence-corrected chi connectivity index (χ4v) is 4.67. The van der Waals surface area contributed by atoms with Crippen molar-refractivity contribution < 1.29 is 14.3 Å². The van der Waals surface area contributed by atoms with Gasteiger partial charge in [-0.1, -0.05) is 36.4 Å². The van der Waals surface area contributed by atoms with E-state index in [-0.39, 0.29) is 24.1 Å². The van der Waals surface area contributed by atoms with Crippen LogP contribution in [0.1, 0.15) is 18.5 Å². The number of benzene rings is 2. The molecule has 1 N–H and O–H groups in total. The second kappa shape index (κ2) is 8.47. The highest BCUT2D eigenvalue weighted by molar-refractivity contribution is 7.21. The highest BCUT2D eigenvalue weighted by Gasteiger charge is 2.17. The highest BCUT2D eigenvalue weighted by Crippen LogP contribution is 2.33. The Morgan fingerprint density at radius 3 is 2.72 bits per heavy atom. The summed E-state index contributed by atoms with van der Waals surface area (Å²) < 4.78 is 12.5. The van der Waals surface area contributed by atoms with Crippen molar-refractivity contribution in [2.24, 2.45) is 0 Å². The molecule has 0 fully saturated rings. The van der Waals surface area contributed by atoms with Crippen LogP contribution < -0.4 is 20.3 Å². The Labute approximate surface area is 188 Å². The Morgan fingerprint density at radius 2 is 1.91 bits per heavy atom. The SMILES string of the molecule is CC(NC(=O)Cn1cnc2sc(-c3ccccc3)cc2c1=O)c1ccc2c(c1)OCCO2. The molecule has 1 aliphatic rings. The summed E-state index contributed by atoms with van der Waals surface area (Å²) in [5, 5.41) is 3.46. The molecule has 3 heterocycles. The summed E-state index contributed by atoms with van der Waals surface area (Å²) >= 11 is 1.46. The average Bonchev–Trinajstić information content (AvgIpc) is 3.26. The normalized spacial score (nSPS) is 13.7. The molecule has 1 atom stereocenters. The molecule has 1 unspecified atom stereocenters. The van der Waals surface area contributed by atoms with E-state index in [1.807, 2.05) is 61.5 Å². The van der Waals surface area contributed by atoms with Gasteiger partial charge in [-0.3, -0.25) is 14.2 Å². The first-order valence-corrected chi connectivity index (χ1v) is 11.1. The van der Waals surface area contributed by atoms with E-state index < -0.39 is 0 Å². The highest BCUT2D eigenvalue weighted by atomic mass is 32.1. The average molecular weight is 448 g/mol. The van der Waals surface area contributed by atoms with E-state index in [2.05, 4.69) is 10.3 Å². The fourth-order valence-electron chi connectivity index (χ4n) is 3.67. The minimum absolute atomic E-state index is 0.104. The first kappa shape index (κ1) is 20.3. The Kier molecular flexibility index (Phi) is 5.36. The number of fused-ring (bicyclic) bond motifs is 2. The van der Waals surface area contributed by atoms with Crippen LogP contribution in [0.5, 0.6) is 11.5 Å². The summed E-state index contributed by atoms with van der Waals surface area (Å²) in [7, 11) is 0.